The molecule has 5 atom stereocenters. The first kappa shape index (κ1) is 9.62. The average molecular weight is 204 g/mol. The van der Waals surface area contributed by atoms with Gasteiger partial charge in [-0.05, 0) is 36.5 Å². The van der Waals surface area contributed by atoms with Crippen molar-refractivity contribution in [2.24, 2.45) is 29.6 Å². The number of carbonyl (C=O) groups excluding carboxylic acids is 1. The number of hydrogen-bond donors (Lipinski definition) is 0. The smallest absolute Gasteiger partial charge is 0.137 e. The molecule has 2 saturated carbocycles. The summed E-state index contributed by atoms with van der Waals surface area (Å²) in [6.45, 7) is 2.24. The molecule has 15 heavy (non-hydrogen) atoms. The second-order valence-electron chi connectivity index (χ2n) is 5.62. The quantitative estimate of drug-likeness (QED) is 0.645. The number of hydrogen-bond acceptors (Lipinski definition) is 1. The number of Topliss-reactive ketones (excluding diaryl/α,β-unsaturated/α-hetero) is 1. The third-order valence-electron chi connectivity index (χ3n) is 4.83. The first-order valence-corrected chi connectivity index (χ1v) is 6.52. The van der Waals surface area contributed by atoms with E-state index >= 15 is 0 Å². The molecule has 2 fully saturated rings. The number of fused-ring (bicyclic) bond motifs is 5. The molecule has 0 heterocycles. The zero-order valence-corrected chi connectivity index (χ0v) is 9.49. The molecule has 3 rings (SSSR count). The van der Waals surface area contributed by atoms with Gasteiger partial charge < -0.3 is 0 Å². The molecular formula is C14H20O. The van der Waals surface area contributed by atoms with E-state index in [1.807, 2.05) is 0 Å². The Hall–Kier alpha value is -0.590. The van der Waals surface area contributed by atoms with Crippen LogP contribution in [0.1, 0.15) is 39.0 Å². The summed E-state index contributed by atoms with van der Waals surface area (Å²) in [4.78, 5) is 12.0. The monoisotopic (exact) mass is 204 g/mol. The van der Waals surface area contributed by atoms with Gasteiger partial charge in [0.1, 0.15) is 5.78 Å². The van der Waals surface area contributed by atoms with Crippen LogP contribution in [0.5, 0.6) is 0 Å². The lowest BCUT2D eigenvalue weighted by Gasteiger charge is -2.24. The van der Waals surface area contributed by atoms with Gasteiger partial charge in [0, 0.05) is 12.3 Å². The molecular weight excluding hydrogens is 184 g/mol. The van der Waals surface area contributed by atoms with Crippen molar-refractivity contribution in [1.29, 1.82) is 0 Å². The number of allylic oxidation sites excluding steroid dienone is 2. The number of unbranched alkanes of at least 4 members (excludes halogenated alkanes) is 1. The van der Waals surface area contributed by atoms with Gasteiger partial charge in [0.25, 0.3) is 0 Å². The van der Waals surface area contributed by atoms with E-state index in [0.29, 0.717) is 17.6 Å². The average Bonchev–Trinajstić information content (AvgIpc) is 2.88. The van der Waals surface area contributed by atoms with Crippen LogP contribution in [0.2, 0.25) is 0 Å². The highest BCUT2D eigenvalue weighted by Crippen LogP contribution is 2.57. The molecule has 0 aliphatic heterocycles. The molecule has 3 aliphatic rings. The Morgan fingerprint density at radius 1 is 1.33 bits per heavy atom. The molecule has 0 spiro atoms. The highest BCUT2D eigenvalue weighted by molar-refractivity contribution is 5.85. The van der Waals surface area contributed by atoms with Crippen LogP contribution < -0.4 is 0 Å². The van der Waals surface area contributed by atoms with Crippen LogP contribution in [0.4, 0.5) is 0 Å². The second kappa shape index (κ2) is 3.47. The van der Waals surface area contributed by atoms with E-state index in [0.717, 1.165) is 24.2 Å². The molecule has 1 nitrogen and oxygen atoms in total. The predicted molar refractivity (Wildman–Crippen MR) is 60.4 cm³/mol. The van der Waals surface area contributed by atoms with Crippen LogP contribution >= 0.6 is 0 Å². The largest absolute Gasteiger partial charge is 0.299 e. The van der Waals surface area contributed by atoms with Gasteiger partial charge in [0.05, 0.1) is 0 Å². The lowest BCUT2D eigenvalue weighted by molar-refractivity contribution is -0.121. The highest BCUT2D eigenvalue weighted by Gasteiger charge is 2.54. The van der Waals surface area contributed by atoms with E-state index in [2.05, 4.69) is 19.1 Å². The maximum absolute atomic E-state index is 12.0. The third kappa shape index (κ3) is 1.32. The summed E-state index contributed by atoms with van der Waals surface area (Å²) in [5.74, 6) is 3.86. The van der Waals surface area contributed by atoms with Gasteiger partial charge in [-0.15, -0.1) is 0 Å². The van der Waals surface area contributed by atoms with E-state index < -0.39 is 0 Å². The predicted octanol–water partition coefficient (Wildman–Crippen LogP) is 3.20. The molecule has 0 aromatic carbocycles. The van der Waals surface area contributed by atoms with Gasteiger partial charge in [-0.25, -0.2) is 0 Å². The summed E-state index contributed by atoms with van der Waals surface area (Å²) in [7, 11) is 0. The van der Waals surface area contributed by atoms with E-state index in [1.54, 1.807) is 0 Å². The summed E-state index contributed by atoms with van der Waals surface area (Å²) < 4.78 is 0. The number of ketones is 1. The number of carbonyl (C=O) groups is 1. The highest BCUT2D eigenvalue weighted by atomic mass is 16.1. The van der Waals surface area contributed by atoms with Crippen molar-refractivity contribution in [3.05, 3.63) is 12.2 Å². The van der Waals surface area contributed by atoms with Crippen molar-refractivity contribution < 1.29 is 4.79 Å². The topological polar surface area (TPSA) is 17.1 Å². The third-order valence-corrected chi connectivity index (χ3v) is 4.83. The van der Waals surface area contributed by atoms with E-state index in [1.165, 1.54) is 25.7 Å². The molecule has 0 amide bonds. The van der Waals surface area contributed by atoms with Crippen LogP contribution in [0.15, 0.2) is 12.2 Å². The SMILES string of the molecule is CCCC[C@H]1CC(=O)[C@@H]2C3C=CC(C3)[C@H]12. The van der Waals surface area contributed by atoms with E-state index in [4.69, 9.17) is 0 Å². The Bertz CT molecular complexity index is 304. The van der Waals surface area contributed by atoms with Crippen molar-refractivity contribution in [3.63, 3.8) is 0 Å². The minimum atomic E-state index is 0.432. The van der Waals surface area contributed by atoms with E-state index in [9.17, 15) is 4.79 Å². The van der Waals surface area contributed by atoms with E-state index in [-0.39, 0.29) is 0 Å². The minimum absolute atomic E-state index is 0.432. The van der Waals surface area contributed by atoms with Crippen LogP contribution in [-0.4, -0.2) is 5.78 Å². The second-order valence-corrected chi connectivity index (χ2v) is 5.62. The minimum Gasteiger partial charge on any atom is -0.299 e. The zero-order chi connectivity index (χ0) is 10.4. The Balaban J connectivity index is 1.78. The first-order chi connectivity index (χ1) is 7.31. The van der Waals surface area contributed by atoms with Gasteiger partial charge in [-0.1, -0.05) is 31.9 Å². The Labute approximate surface area is 91.9 Å². The summed E-state index contributed by atoms with van der Waals surface area (Å²) >= 11 is 0. The zero-order valence-electron chi connectivity index (χ0n) is 9.49. The van der Waals surface area contributed by atoms with Gasteiger partial charge in [0.15, 0.2) is 0 Å². The Morgan fingerprint density at radius 2 is 2.13 bits per heavy atom. The fraction of sp³-hybridized carbons (Fsp3) is 0.786. The summed E-state index contributed by atoms with van der Waals surface area (Å²) in [5, 5.41) is 0. The fourth-order valence-electron chi connectivity index (χ4n) is 4.25. The molecule has 1 heteroatoms. The molecule has 0 aromatic heterocycles. The molecule has 3 aliphatic carbocycles. The van der Waals surface area contributed by atoms with Crippen LogP contribution in [0.25, 0.3) is 0 Å². The van der Waals surface area contributed by atoms with Crippen molar-refractivity contribution in [3.8, 4) is 0 Å². The van der Waals surface area contributed by atoms with Gasteiger partial charge >= 0.3 is 0 Å². The fourth-order valence-corrected chi connectivity index (χ4v) is 4.25. The molecule has 0 N–H and O–H groups in total. The van der Waals surface area contributed by atoms with Crippen LogP contribution in [0, 0.1) is 29.6 Å². The van der Waals surface area contributed by atoms with Crippen molar-refractivity contribution in [1.82, 2.24) is 0 Å². The summed E-state index contributed by atoms with van der Waals surface area (Å²) in [5.41, 5.74) is 0. The normalized spacial score (nSPS) is 46.5. The Morgan fingerprint density at radius 3 is 2.93 bits per heavy atom. The number of rotatable bonds is 3. The maximum atomic E-state index is 12.0. The standard InChI is InChI=1S/C14H20O/c1-2-3-4-9-8-12(15)14-11-6-5-10(7-11)13(9)14/h5-6,9-11,13-14H,2-4,7-8H2,1H3/t9-,10?,11?,13-,14-/m0/s1. The Kier molecular flexibility index (Phi) is 2.22. The van der Waals surface area contributed by atoms with Crippen LogP contribution in [0.3, 0.4) is 0 Å². The van der Waals surface area contributed by atoms with Crippen LogP contribution in [-0.2, 0) is 4.79 Å². The van der Waals surface area contributed by atoms with Crippen molar-refractivity contribution >= 4 is 5.78 Å². The first-order valence-electron chi connectivity index (χ1n) is 6.52. The lowest BCUT2D eigenvalue weighted by Crippen LogP contribution is -2.21. The van der Waals surface area contributed by atoms with Gasteiger partial charge in [-0.3, -0.25) is 4.79 Å². The van der Waals surface area contributed by atoms with Crippen molar-refractivity contribution in [2.75, 3.05) is 0 Å². The molecule has 2 unspecified atom stereocenters. The van der Waals surface area contributed by atoms with Crippen molar-refractivity contribution in [2.45, 2.75) is 39.0 Å². The maximum Gasteiger partial charge on any atom is 0.137 e. The molecule has 0 aromatic rings. The summed E-state index contributed by atoms with van der Waals surface area (Å²) in [6.07, 6.45) is 10.7. The molecule has 0 saturated heterocycles. The van der Waals surface area contributed by atoms with Gasteiger partial charge in [-0.2, -0.15) is 0 Å². The van der Waals surface area contributed by atoms with Gasteiger partial charge in [0.2, 0.25) is 0 Å². The lowest BCUT2D eigenvalue weighted by atomic mass is 9.79. The summed E-state index contributed by atoms with van der Waals surface area (Å²) in [6, 6.07) is 0. The molecule has 2 bridgehead atoms. The molecule has 0 radical (unpaired) electrons. The molecule has 82 valence electrons.